The van der Waals surface area contributed by atoms with Gasteiger partial charge in [0.05, 0.1) is 6.54 Å². The fraction of sp³-hybridized carbons (Fsp3) is 0.833. The molecule has 0 spiro atoms. The summed E-state index contributed by atoms with van der Waals surface area (Å²) in [7, 11) is 0. The third kappa shape index (κ3) is 3.04. The first-order chi connectivity index (χ1) is 8.35. The third-order valence-corrected chi connectivity index (χ3v) is 3.79. The Morgan fingerprint density at radius 1 is 1.47 bits per heavy atom. The highest BCUT2D eigenvalue weighted by molar-refractivity contribution is 4.86. The molecule has 1 saturated carbocycles. The molecular formula is C12H22N4O. The average Bonchev–Trinajstić information content (AvgIpc) is 2.89. The van der Waals surface area contributed by atoms with Crippen LogP contribution in [0.5, 0.6) is 0 Å². The van der Waals surface area contributed by atoms with E-state index in [9.17, 15) is 0 Å². The molecule has 2 N–H and O–H groups in total. The lowest BCUT2D eigenvalue weighted by molar-refractivity contribution is 0.0942. The van der Waals surface area contributed by atoms with E-state index in [1.807, 2.05) is 0 Å². The van der Waals surface area contributed by atoms with Gasteiger partial charge in [0, 0.05) is 6.04 Å². The summed E-state index contributed by atoms with van der Waals surface area (Å²) in [6.45, 7) is 4.71. The van der Waals surface area contributed by atoms with Crippen molar-refractivity contribution >= 4 is 0 Å². The van der Waals surface area contributed by atoms with Crippen LogP contribution in [-0.4, -0.2) is 34.2 Å². The Labute approximate surface area is 102 Å². The van der Waals surface area contributed by atoms with Crippen LogP contribution in [0.3, 0.4) is 0 Å². The number of nitrogens with two attached hydrogens (primary N) is 1. The summed E-state index contributed by atoms with van der Waals surface area (Å²) in [5.74, 6) is 1.32. The van der Waals surface area contributed by atoms with Gasteiger partial charge in [-0.1, -0.05) is 24.9 Å². The molecule has 17 heavy (non-hydrogen) atoms. The minimum absolute atomic E-state index is 0.575. The molecular weight excluding hydrogens is 216 g/mol. The zero-order valence-electron chi connectivity index (χ0n) is 10.5. The Morgan fingerprint density at radius 2 is 2.29 bits per heavy atom. The Morgan fingerprint density at radius 3 is 2.94 bits per heavy atom. The molecule has 0 aliphatic heterocycles. The van der Waals surface area contributed by atoms with E-state index in [-0.39, 0.29) is 0 Å². The molecule has 0 amide bonds. The molecule has 2 atom stereocenters. The minimum atomic E-state index is 0.575. The lowest BCUT2D eigenvalue weighted by Gasteiger charge is -2.38. The van der Waals surface area contributed by atoms with Crippen LogP contribution >= 0.6 is 0 Å². The molecule has 96 valence electrons. The van der Waals surface area contributed by atoms with Gasteiger partial charge < -0.3 is 10.3 Å². The molecule has 2 unspecified atom stereocenters. The molecule has 0 saturated heterocycles. The summed E-state index contributed by atoms with van der Waals surface area (Å²) in [5.41, 5.74) is 5.88. The van der Waals surface area contributed by atoms with Crippen LogP contribution in [0, 0.1) is 5.92 Å². The highest BCUT2D eigenvalue weighted by atomic mass is 16.5. The second-order valence-corrected chi connectivity index (χ2v) is 4.75. The van der Waals surface area contributed by atoms with Crippen molar-refractivity contribution in [2.45, 2.75) is 45.2 Å². The van der Waals surface area contributed by atoms with E-state index in [1.165, 1.54) is 32.0 Å². The summed E-state index contributed by atoms with van der Waals surface area (Å²) < 4.78 is 5.09. The Kier molecular flexibility index (Phi) is 4.50. The minimum Gasteiger partial charge on any atom is -0.338 e. The lowest BCUT2D eigenvalue weighted by atomic mass is 9.83. The van der Waals surface area contributed by atoms with E-state index < -0.39 is 0 Å². The van der Waals surface area contributed by atoms with Crippen LogP contribution < -0.4 is 5.73 Å². The molecule has 0 aromatic carbocycles. The zero-order valence-corrected chi connectivity index (χ0v) is 10.5. The molecule has 1 heterocycles. The summed E-state index contributed by atoms with van der Waals surface area (Å²) >= 11 is 0. The summed E-state index contributed by atoms with van der Waals surface area (Å²) in [6, 6.07) is 0.575. The molecule has 5 heteroatoms. The maximum atomic E-state index is 5.88. The van der Waals surface area contributed by atoms with Crippen molar-refractivity contribution in [1.29, 1.82) is 0 Å². The van der Waals surface area contributed by atoms with Gasteiger partial charge >= 0.3 is 0 Å². The fourth-order valence-corrected chi connectivity index (χ4v) is 2.85. The van der Waals surface area contributed by atoms with E-state index in [4.69, 9.17) is 10.3 Å². The Bertz CT molecular complexity index is 314. The molecule has 1 fully saturated rings. The topological polar surface area (TPSA) is 68.2 Å². The van der Waals surface area contributed by atoms with E-state index >= 15 is 0 Å². The van der Waals surface area contributed by atoms with Crippen molar-refractivity contribution in [3.8, 4) is 0 Å². The van der Waals surface area contributed by atoms with Crippen LogP contribution in [0.1, 0.15) is 38.5 Å². The Balaban J connectivity index is 2.00. The van der Waals surface area contributed by atoms with Gasteiger partial charge in [-0.15, -0.1) is 0 Å². The van der Waals surface area contributed by atoms with Gasteiger partial charge in [-0.3, -0.25) is 4.90 Å². The van der Waals surface area contributed by atoms with Crippen LogP contribution in [0.15, 0.2) is 10.9 Å². The SMILES string of the molecule is CCN(Cc1ncno1)C1CCCCC1CN. The van der Waals surface area contributed by atoms with Crippen molar-refractivity contribution in [3.63, 3.8) is 0 Å². The van der Waals surface area contributed by atoms with Crippen molar-refractivity contribution in [2.75, 3.05) is 13.1 Å². The van der Waals surface area contributed by atoms with Crippen LogP contribution in [-0.2, 0) is 6.54 Å². The standard InChI is InChI=1S/C12H22N4O/c1-2-16(8-12-14-9-15-17-12)11-6-4-3-5-10(11)7-13/h9-11H,2-8,13H2,1H3. The first kappa shape index (κ1) is 12.5. The maximum Gasteiger partial charge on any atom is 0.240 e. The number of hydrogen-bond acceptors (Lipinski definition) is 5. The van der Waals surface area contributed by atoms with Crippen LogP contribution in [0.4, 0.5) is 0 Å². The number of rotatable bonds is 5. The molecule has 1 aliphatic carbocycles. The first-order valence-electron chi connectivity index (χ1n) is 6.54. The third-order valence-electron chi connectivity index (χ3n) is 3.79. The van der Waals surface area contributed by atoms with Crippen LogP contribution in [0.2, 0.25) is 0 Å². The van der Waals surface area contributed by atoms with E-state index in [0.717, 1.165) is 19.6 Å². The smallest absolute Gasteiger partial charge is 0.240 e. The van der Waals surface area contributed by atoms with Gasteiger partial charge in [-0.2, -0.15) is 4.98 Å². The van der Waals surface area contributed by atoms with Gasteiger partial charge in [-0.25, -0.2) is 0 Å². The van der Waals surface area contributed by atoms with E-state index in [1.54, 1.807) is 0 Å². The Hall–Kier alpha value is -0.940. The average molecular weight is 238 g/mol. The highest BCUT2D eigenvalue weighted by Gasteiger charge is 2.29. The monoisotopic (exact) mass is 238 g/mol. The zero-order chi connectivity index (χ0) is 12.1. The molecule has 1 aromatic heterocycles. The van der Waals surface area contributed by atoms with Gasteiger partial charge in [-0.05, 0) is 31.8 Å². The fourth-order valence-electron chi connectivity index (χ4n) is 2.85. The maximum absolute atomic E-state index is 5.88. The van der Waals surface area contributed by atoms with Crippen molar-refractivity contribution in [1.82, 2.24) is 15.0 Å². The number of nitrogens with zero attached hydrogens (tertiary/aromatic N) is 3. The highest BCUT2D eigenvalue weighted by Crippen LogP contribution is 2.28. The summed E-state index contributed by atoms with van der Waals surface area (Å²) in [6.07, 6.45) is 6.58. The summed E-state index contributed by atoms with van der Waals surface area (Å²) in [4.78, 5) is 6.52. The molecule has 1 aliphatic rings. The molecule has 1 aromatic rings. The van der Waals surface area contributed by atoms with Crippen molar-refractivity contribution in [2.24, 2.45) is 11.7 Å². The molecule has 2 rings (SSSR count). The van der Waals surface area contributed by atoms with Gasteiger partial charge in [0.25, 0.3) is 0 Å². The van der Waals surface area contributed by atoms with Gasteiger partial charge in [0.15, 0.2) is 6.33 Å². The second-order valence-electron chi connectivity index (χ2n) is 4.75. The van der Waals surface area contributed by atoms with E-state index in [2.05, 4.69) is 22.0 Å². The van der Waals surface area contributed by atoms with E-state index in [0.29, 0.717) is 17.9 Å². The molecule has 0 radical (unpaired) electrons. The predicted octanol–water partition coefficient (Wildman–Crippen LogP) is 1.41. The van der Waals surface area contributed by atoms with Crippen molar-refractivity contribution < 1.29 is 4.52 Å². The second kappa shape index (κ2) is 6.12. The molecule has 0 bridgehead atoms. The first-order valence-corrected chi connectivity index (χ1v) is 6.54. The summed E-state index contributed by atoms with van der Waals surface area (Å²) in [5, 5.41) is 3.66. The normalized spacial score (nSPS) is 25.4. The number of aromatic nitrogens is 2. The quantitative estimate of drug-likeness (QED) is 0.840. The van der Waals surface area contributed by atoms with Crippen LogP contribution in [0.25, 0.3) is 0 Å². The molecule has 5 nitrogen and oxygen atoms in total. The lowest BCUT2D eigenvalue weighted by Crippen LogP contribution is -2.44. The largest absolute Gasteiger partial charge is 0.338 e. The van der Waals surface area contributed by atoms with Gasteiger partial charge in [0.1, 0.15) is 0 Å². The van der Waals surface area contributed by atoms with Gasteiger partial charge in [0.2, 0.25) is 5.89 Å². The number of hydrogen-bond donors (Lipinski definition) is 1. The predicted molar refractivity (Wildman–Crippen MR) is 65.2 cm³/mol. The van der Waals surface area contributed by atoms with Crippen molar-refractivity contribution in [3.05, 3.63) is 12.2 Å².